The predicted octanol–water partition coefficient (Wildman–Crippen LogP) is 4.18. The van der Waals surface area contributed by atoms with Crippen molar-refractivity contribution in [3.63, 3.8) is 0 Å². The number of amides is 1. The van der Waals surface area contributed by atoms with Gasteiger partial charge in [-0.15, -0.1) is 0 Å². The fourth-order valence-electron chi connectivity index (χ4n) is 2.77. The second-order valence-electron chi connectivity index (χ2n) is 6.56. The van der Waals surface area contributed by atoms with Crippen molar-refractivity contribution in [1.29, 1.82) is 0 Å². The molecular weight excluding hydrogens is 324 g/mol. The molecule has 1 amide bonds. The summed E-state index contributed by atoms with van der Waals surface area (Å²) in [6.07, 6.45) is 2.13. The molecule has 0 unspecified atom stereocenters. The summed E-state index contributed by atoms with van der Waals surface area (Å²) in [5.41, 5.74) is 1.71. The molecule has 25 heavy (non-hydrogen) atoms. The van der Waals surface area contributed by atoms with Gasteiger partial charge in [0.05, 0.1) is 6.61 Å². The molecule has 0 saturated heterocycles. The van der Waals surface area contributed by atoms with Crippen LogP contribution in [0.25, 0.3) is 11.1 Å². The number of hydrogen-bond acceptors (Lipinski definition) is 2. The van der Waals surface area contributed by atoms with Crippen LogP contribution in [-0.4, -0.2) is 25.7 Å². The zero-order valence-electron chi connectivity index (χ0n) is 14.1. The molecule has 132 valence electrons. The SMILES string of the molecule is CCOCC1(CNC(=O)c2ccc(-c3cc(F)cc(F)c3)cc2)CC1. The van der Waals surface area contributed by atoms with Crippen molar-refractivity contribution >= 4 is 5.91 Å². The zero-order valence-corrected chi connectivity index (χ0v) is 14.1. The van der Waals surface area contributed by atoms with Crippen LogP contribution in [0.15, 0.2) is 42.5 Å². The summed E-state index contributed by atoms with van der Waals surface area (Å²) in [4.78, 5) is 12.3. The van der Waals surface area contributed by atoms with Crippen molar-refractivity contribution in [3.8, 4) is 11.1 Å². The highest BCUT2D eigenvalue weighted by Crippen LogP contribution is 2.45. The number of hydrogen-bond donors (Lipinski definition) is 1. The van der Waals surface area contributed by atoms with Gasteiger partial charge < -0.3 is 10.1 Å². The lowest BCUT2D eigenvalue weighted by molar-refractivity contribution is 0.0864. The van der Waals surface area contributed by atoms with Crippen LogP contribution in [0.5, 0.6) is 0 Å². The molecule has 2 aromatic rings. The minimum absolute atomic E-state index is 0.0880. The maximum atomic E-state index is 13.3. The van der Waals surface area contributed by atoms with Crippen molar-refractivity contribution in [2.45, 2.75) is 19.8 Å². The lowest BCUT2D eigenvalue weighted by atomic mass is 10.0. The fourth-order valence-corrected chi connectivity index (χ4v) is 2.77. The van der Waals surface area contributed by atoms with Gasteiger partial charge in [-0.05, 0) is 55.2 Å². The largest absolute Gasteiger partial charge is 0.381 e. The fraction of sp³-hybridized carbons (Fsp3) is 0.350. The molecule has 5 heteroatoms. The van der Waals surface area contributed by atoms with E-state index in [0.29, 0.717) is 36.4 Å². The van der Waals surface area contributed by atoms with Crippen LogP contribution in [-0.2, 0) is 4.74 Å². The summed E-state index contributed by atoms with van der Waals surface area (Å²) < 4.78 is 32.1. The Bertz CT molecular complexity index is 735. The molecule has 2 aromatic carbocycles. The van der Waals surface area contributed by atoms with E-state index in [1.807, 2.05) is 6.92 Å². The molecule has 1 saturated carbocycles. The molecular formula is C20H21F2NO2. The van der Waals surface area contributed by atoms with Crippen LogP contribution in [0.1, 0.15) is 30.1 Å². The van der Waals surface area contributed by atoms with E-state index in [1.165, 1.54) is 12.1 Å². The molecule has 0 heterocycles. The van der Waals surface area contributed by atoms with E-state index in [1.54, 1.807) is 24.3 Å². The van der Waals surface area contributed by atoms with Gasteiger partial charge in [0, 0.05) is 30.2 Å². The number of benzene rings is 2. The molecule has 3 rings (SSSR count). The highest BCUT2D eigenvalue weighted by molar-refractivity contribution is 5.94. The molecule has 1 fully saturated rings. The van der Waals surface area contributed by atoms with E-state index in [4.69, 9.17) is 4.74 Å². The van der Waals surface area contributed by atoms with Crippen molar-refractivity contribution < 1.29 is 18.3 Å². The highest BCUT2D eigenvalue weighted by atomic mass is 19.1. The molecule has 1 aliphatic rings. The first-order chi connectivity index (χ1) is 12.0. The van der Waals surface area contributed by atoms with Crippen LogP contribution >= 0.6 is 0 Å². The van der Waals surface area contributed by atoms with Gasteiger partial charge in [-0.1, -0.05) is 12.1 Å². The Balaban J connectivity index is 1.63. The van der Waals surface area contributed by atoms with Crippen LogP contribution in [0.4, 0.5) is 8.78 Å². The van der Waals surface area contributed by atoms with Gasteiger partial charge in [0.15, 0.2) is 0 Å². The third kappa shape index (κ3) is 4.42. The summed E-state index contributed by atoms with van der Waals surface area (Å²) in [6.45, 7) is 3.91. The average molecular weight is 345 g/mol. The van der Waals surface area contributed by atoms with E-state index < -0.39 is 11.6 Å². The minimum atomic E-state index is -0.624. The Morgan fingerprint density at radius 1 is 1.08 bits per heavy atom. The summed E-state index contributed by atoms with van der Waals surface area (Å²) in [7, 11) is 0. The van der Waals surface area contributed by atoms with Gasteiger partial charge in [-0.25, -0.2) is 8.78 Å². The van der Waals surface area contributed by atoms with Gasteiger partial charge in [0.2, 0.25) is 0 Å². The van der Waals surface area contributed by atoms with Gasteiger partial charge >= 0.3 is 0 Å². The maximum absolute atomic E-state index is 13.3. The van der Waals surface area contributed by atoms with Crippen LogP contribution in [0, 0.1) is 17.0 Å². The average Bonchev–Trinajstić information content (AvgIpc) is 3.37. The van der Waals surface area contributed by atoms with Gasteiger partial charge in [-0.3, -0.25) is 4.79 Å². The third-order valence-corrected chi connectivity index (χ3v) is 4.54. The Labute approximate surface area is 146 Å². The molecule has 0 spiro atoms. The highest BCUT2D eigenvalue weighted by Gasteiger charge is 2.42. The number of carbonyl (C=O) groups excluding carboxylic acids is 1. The normalized spacial score (nSPS) is 15.0. The summed E-state index contributed by atoms with van der Waals surface area (Å²) in [6, 6.07) is 10.1. The standard InChI is InChI=1S/C20H21F2NO2/c1-2-25-13-20(7-8-20)12-23-19(24)15-5-3-14(4-6-15)16-9-17(21)11-18(22)10-16/h3-6,9-11H,2,7-8,12-13H2,1H3,(H,23,24). The lowest BCUT2D eigenvalue weighted by Crippen LogP contribution is -2.32. The smallest absolute Gasteiger partial charge is 0.251 e. The van der Waals surface area contributed by atoms with Crippen LogP contribution in [0.3, 0.4) is 0 Å². The van der Waals surface area contributed by atoms with E-state index in [2.05, 4.69) is 5.32 Å². The van der Waals surface area contributed by atoms with Gasteiger partial charge in [-0.2, -0.15) is 0 Å². The van der Waals surface area contributed by atoms with E-state index in [-0.39, 0.29) is 11.3 Å². The number of nitrogens with one attached hydrogen (secondary N) is 1. The third-order valence-electron chi connectivity index (χ3n) is 4.54. The van der Waals surface area contributed by atoms with Crippen molar-refractivity contribution in [2.24, 2.45) is 5.41 Å². The van der Waals surface area contributed by atoms with E-state index in [9.17, 15) is 13.6 Å². The monoisotopic (exact) mass is 345 g/mol. The summed E-state index contributed by atoms with van der Waals surface area (Å²) in [5, 5.41) is 2.95. The quantitative estimate of drug-likeness (QED) is 0.818. The Hall–Kier alpha value is -2.27. The van der Waals surface area contributed by atoms with Crippen LogP contribution < -0.4 is 5.32 Å². The molecule has 3 nitrogen and oxygen atoms in total. The maximum Gasteiger partial charge on any atom is 0.251 e. The van der Waals surface area contributed by atoms with Crippen molar-refractivity contribution in [2.75, 3.05) is 19.8 Å². The summed E-state index contributed by atoms with van der Waals surface area (Å²) in [5.74, 6) is -1.40. The number of rotatable bonds is 7. The molecule has 0 radical (unpaired) electrons. The van der Waals surface area contributed by atoms with Gasteiger partial charge in [0.25, 0.3) is 5.91 Å². The molecule has 0 aromatic heterocycles. The lowest BCUT2D eigenvalue weighted by Gasteiger charge is -2.15. The minimum Gasteiger partial charge on any atom is -0.381 e. The Morgan fingerprint density at radius 2 is 1.72 bits per heavy atom. The van der Waals surface area contributed by atoms with Crippen molar-refractivity contribution in [3.05, 3.63) is 59.7 Å². The van der Waals surface area contributed by atoms with E-state index >= 15 is 0 Å². The number of halogens is 2. The van der Waals surface area contributed by atoms with Gasteiger partial charge in [0.1, 0.15) is 11.6 Å². The first-order valence-electron chi connectivity index (χ1n) is 8.44. The van der Waals surface area contributed by atoms with Crippen molar-refractivity contribution in [1.82, 2.24) is 5.32 Å². The molecule has 1 N–H and O–H groups in total. The predicted molar refractivity (Wildman–Crippen MR) is 92.3 cm³/mol. The molecule has 1 aliphatic carbocycles. The zero-order chi connectivity index (χ0) is 17.9. The van der Waals surface area contributed by atoms with Crippen LogP contribution in [0.2, 0.25) is 0 Å². The molecule has 0 bridgehead atoms. The number of carbonyl (C=O) groups is 1. The Morgan fingerprint density at radius 3 is 2.28 bits per heavy atom. The second kappa shape index (κ2) is 7.31. The topological polar surface area (TPSA) is 38.3 Å². The first-order valence-corrected chi connectivity index (χ1v) is 8.44. The second-order valence-corrected chi connectivity index (χ2v) is 6.56. The first kappa shape index (κ1) is 17.5. The number of ether oxygens (including phenoxy) is 1. The summed E-state index contributed by atoms with van der Waals surface area (Å²) >= 11 is 0. The molecule has 0 atom stereocenters. The van der Waals surface area contributed by atoms with E-state index in [0.717, 1.165) is 18.9 Å². The Kier molecular flexibility index (Phi) is 5.13. The molecule has 0 aliphatic heterocycles.